The molecular weight excluding hydrogens is 520 g/mol. The van der Waals surface area contributed by atoms with E-state index in [1.54, 1.807) is 0 Å². The molecule has 43 heavy (non-hydrogen) atoms. The summed E-state index contributed by atoms with van der Waals surface area (Å²) >= 11 is 0. The first-order valence-electron chi connectivity index (χ1n) is 19.4. The second-order valence-corrected chi connectivity index (χ2v) is 10.4. The number of furan rings is 1. The molecule has 1 heteroatoms. The summed E-state index contributed by atoms with van der Waals surface area (Å²) in [6.45, 7) is 0. The Morgan fingerprint density at radius 3 is 1.72 bits per heavy atom. The summed E-state index contributed by atoms with van der Waals surface area (Å²) in [6.07, 6.45) is 0. The van der Waals surface area contributed by atoms with Crippen molar-refractivity contribution in [1.82, 2.24) is 0 Å². The van der Waals surface area contributed by atoms with Gasteiger partial charge in [-0.05, 0) is 96.0 Å². The molecule has 9 rings (SSSR count). The third-order valence-electron chi connectivity index (χ3n) is 7.97. The fraction of sp³-hybridized carbons (Fsp3) is 0. The lowest BCUT2D eigenvalue weighted by atomic mass is 9.85. The normalized spacial score (nSPS) is 15.3. The van der Waals surface area contributed by atoms with Crippen molar-refractivity contribution in [2.24, 2.45) is 0 Å². The molecule has 0 saturated heterocycles. The highest BCUT2D eigenvalue weighted by molar-refractivity contribution is 6.22. The zero-order valence-corrected chi connectivity index (χ0v) is 22.6. The van der Waals surface area contributed by atoms with E-state index in [0.717, 1.165) is 43.8 Å². The Morgan fingerprint density at radius 1 is 0.395 bits per heavy atom. The Morgan fingerprint density at radius 2 is 0.977 bits per heavy atom. The maximum Gasteiger partial charge on any atom is 0.135 e. The molecule has 0 amide bonds. The molecule has 0 unspecified atom stereocenters. The highest BCUT2D eigenvalue weighted by Gasteiger charge is 2.18. The largest absolute Gasteiger partial charge is 0.456 e. The molecule has 1 nitrogen and oxygen atoms in total. The Hall–Kier alpha value is -5.66. The van der Waals surface area contributed by atoms with Crippen molar-refractivity contribution in [3.8, 4) is 33.4 Å². The molecule has 8 aromatic carbocycles. The molecule has 0 aliphatic heterocycles. The zero-order valence-electron chi connectivity index (χ0n) is 33.6. The Kier molecular flexibility index (Phi) is 3.41. The van der Waals surface area contributed by atoms with Gasteiger partial charge in [-0.1, -0.05) is 127 Å². The van der Waals surface area contributed by atoms with Crippen molar-refractivity contribution < 1.29 is 19.5 Å². The van der Waals surface area contributed by atoms with Crippen molar-refractivity contribution in [3.05, 3.63) is 157 Å². The number of benzene rings is 8. The maximum atomic E-state index is 9.65. The molecule has 0 aliphatic rings. The van der Waals surface area contributed by atoms with Crippen LogP contribution in [0.15, 0.2) is 162 Å². The molecule has 0 N–H and O–H groups in total. The van der Waals surface area contributed by atoms with Gasteiger partial charge in [0.1, 0.15) is 11.2 Å². The summed E-state index contributed by atoms with van der Waals surface area (Å²) in [5.74, 6) is 0. The maximum absolute atomic E-state index is 9.65. The van der Waals surface area contributed by atoms with E-state index in [-0.39, 0.29) is 27.5 Å². The molecule has 0 bridgehead atoms. The van der Waals surface area contributed by atoms with E-state index >= 15 is 0 Å². The van der Waals surface area contributed by atoms with E-state index in [0.29, 0.717) is 16.3 Å². The third kappa shape index (κ3) is 3.79. The number of fused-ring (bicyclic) bond motifs is 6. The average molecular weight is 558 g/mol. The summed E-state index contributed by atoms with van der Waals surface area (Å²) in [6, 6.07) is 22.9. The second-order valence-electron chi connectivity index (χ2n) is 10.4. The highest BCUT2D eigenvalue weighted by atomic mass is 16.3. The molecule has 0 fully saturated rings. The van der Waals surface area contributed by atoms with Crippen molar-refractivity contribution in [2.75, 3.05) is 0 Å². The van der Waals surface area contributed by atoms with Crippen LogP contribution < -0.4 is 0 Å². The Bertz CT molecular complexity index is 3070. The SMILES string of the molecule is [2H]c1c([2H])c(-c2c([2H])c([2H])c3c([2H])c([2H])c([2H])c([2H])c3c2[2H])c([2H])c(-c2c3ccccc3c(-c3ccc4oc5ccccc5c4c3)c3ccccc23)c1[2H]. The number of para-hydroxylation sites is 1. The molecule has 0 spiro atoms. The van der Waals surface area contributed by atoms with Crippen molar-refractivity contribution in [1.29, 1.82) is 0 Å². The van der Waals surface area contributed by atoms with Gasteiger partial charge in [0.15, 0.2) is 0 Å². The molecule has 0 aliphatic carbocycles. The second kappa shape index (κ2) is 9.44. The quantitative estimate of drug-likeness (QED) is 0.197. The van der Waals surface area contributed by atoms with Gasteiger partial charge in [0.05, 0.1) is 15.1 Å². The van der Waals surface area contributed by atoms with E-state index in [1.165, 1.54) is 0 Å². The predicted molar refractivity (Wildman–Crippen MR) is 183 cm³/mol. The molecule has 9 aromatic rings. The minimum Gasteiger partial charge on any atom is -0.456 e. The lowest BCUT2D eigenvalue weighted by molar-refractivity contribution is 0.669. The van der Waals surface area contributed by atoms with E-state index in [2.05, 4.69) is 6.07 Å². The van der Waals surface area contributed by atoms with E-state index < -0.39 is 66.5 Å². The van der Waals surface area contributed by atoms with E-state index in [9.17, 15) is 2.74 Å². The number of hydrogen-bond donors (Lipinski definition) is 0. The summed E-state index contributed by atoms with van der Waals surface area (Å²) in [7, 11) is 0. The van der Waals surface area contributed by atoms with E-state index in [4.69, 9.17) is 16.8 Å². The Balaban J connectivity index is 1.40. The van der Waals surface area contributed by atoms with Crippen LogP contribution in [0, 0.1) is 0 Å². The van der Waals surface area contributed by atoms with Gasteiger partial charge >= 0.3 is 0 Å². The average Bonchev–Trinajstić information content (AvgIpc) is 3.55. The first-order valence-corrected chi connectivity index (χ1v) is 13.9. The fourth-order valence-corrected chi connectivity index (χ4v) is 6.09. The van der Waals surface area contributed by atoms with Gasteiger partial charge in [-0.2, -0.15) is 0 Å². The van der Waals surface area contributed by atoms with Crippen LogP contribution in [0.3, 0.4) is 0 Å². The third-order valence-corrected chi connectivity index (χ3v) is 7.97. The number of hydrogen-bond acceptors (Lipinski definition) is 1. The van der Waals surface area contributed by atoms with Crippen LogP contribution in [0.25, 0.3) is 87.6 Å². The topological polar surface area (TPSA) is 13.1 Å². The monoisotopic (exact) mass is 557 g/mol. The van der Waals surface area contributed by atoms with Gasteiger partial charge in [-0.15, -0.1) is 0 Å². The standard InChI is InChI=1S/C42H26O/c1-2-11-28-24-30(21-20-27(28)10-1)29-12-9-13-31(25-29)41-34-15-3-5-17-36(34)42(37-18-6-4-16-35(37)41)32-22-23-40-38(26-32)33-14-7-8-19-39(33)43-40/h1-26H/i1D,2D,9D,10D,11D,12D,13D,20D,21D,24D,25D. The van der Waals surface area contributed by atoms with Crippen LogP contribution in [-0.4, -0.2) is 0 Å². The van der Waals surface area contributed by atoms with Gasteiger partial charge in [0.2, 0.25) is 0 Å². The van der Waals surface area contributed by atoms with Crippen LogP contribution in [0.1, 0.15) is 15.1 Å². The van der Waals surface area contributed by atoms with Crippen LogP contribution in [0.2, 0.25) is 0 Å². The first kappa shape index (κ1) is 15.5. The lowest BCUT2D eigenvalue weighted by Gasteiger charge is -2.18. The minimum atomic E-state index is -0.622. The first-order chi connectivity index (χ1) is 25.9. The van der Waals surface area contributed by atoms with Crippen molar-refractivity contribution in [3.63, 3.8) is 0 Å². The summed E-state index contributed by atoms with van der Waals surface area (Å²) < 4.78 is 103. The predicted octanol–water partition coefficient (Wildman–Crippen LogP) is 12.0. The smallest absolute Gasteiger partial charge is 0.135 e. The molecule has 0 radical (unpaired) electrons. The zero-order chi connectivity index (χ0) is 37.9. The fourth-order valence-electron chi connectivity index (χ4n) is 6.09. The van der Waals surface area contributed by atoms with Gasteiger partial charge in [-0.3, -0.25) is 0 Å². The van der Waals surface area contributed by atoms with E-state index in [1.807, 2.05) is 84.9 Å². The summed E-state index contributed by atoms with van der Waals surface area (Å²) in [5.41, 5.74) is 3.08. The van der Waals surface area contributed by atoms with Crippen molar-refractivity contribution >= 4 is 54.3 Å². The van der Waals surface area contributed by atoms with Crippen LogP contribution in [0.4, 0.5) is 0 Å². The number of rotatable bonds is 3. The van der Waals surface area contributed by atoms with Gasteiger partial charge < -0.3 is 4.42 Å². The molecule has 0 saturated carbocycles. The highest BCUT2D eigenvalue weighted by Crippen LogP contribution is 2.45. The lowest BCUT2D eigenvalue weighted by Crippen LogP contribution is -1.91. The summed E-state index contributed by atoms with van der Waals surface area (Å²) in [5, 5.41) is 4.24. The molecule has 1 heterocycles. The Labute approximate surface area is 264 Å². The minimum absolute atomic E-state index is 0.00150. The van der Waals surface area contributed by atoms with Crippen molar-refractivity contribution in [2.45, 2.75) is 0 Å². The van der Waals surface area contributed by atoms with Gasteiger partial charge in [0.25, 0.3) is 0 Å². The van der Waals surface area contributed by atoms with Crippen LogP contribution in [-0.2, 0) is 0 Å². The molecule has 200 valence electrons. The van der Waals surface area contributed by atoms with Crippen LogP contribution >= 0.6 is 0 Å². The molecule has 0 atom stereocenters. The van der Waals surface area contributed by atoms with Gasteiger partial charge in [-0.25, -0.2) is 0 Å². The summed E-state index contributed by atoms with van der Waals surface area (Å²) in [4.78, 5) is 0. The van der Waals surface area contributed by atoms with Crippen LogP contribution in [0.5, 0.6) is 0 Å². The van der Waals surface area contributed by atoms with Gasteiger partial charge in [0, 0.05) is 10.8 Å². The molecule has 1 aromatic heterocycles. The molecular formula is C42H26O.